The van der Waals surface area contributed by atoms with Crippen LogP contribution in [0, 0.1) is 5.92 Å². The maximum Gasteiger partial charge on any atom is 0.227 e. The van der Waals surface area contributed by atoms with E-state index < -0.39 is 0 Å². The Kier molecular flexibility index (Phi) is 6.47. The highest BCUT2D eigenvalue weighted by molar-refractivity contribution is 5.79. The normalized spacial score (nSPS) is 24.2. The third-order valence-electron chi connectivity index (χ3n) is 3.12. The monoisotopic (exact) mass is 243 g/mol. The highest BCUT2D eigenvalue weighted by atomic mass is 16.5. The number of carbonyl (C=O) groups excluding carboxylic acids is 1. The second-order valence-electron chi connectivity index (χ2n) is 4.84. The molecule has 5 nitrogen and oxygen atoms in total. The molecule has 17 heavy (non-hydrogen) atoms. The summed E-state index contributed by atoms with van der Waals surface area (Å²) in [4.78, 5) is 14.0. The van der Waals surface area contributed by atoms with Gasteiger partial charge in [-0.25, -0.2) is 0 Å². The van der Waals surface area contributed by atoms with Gasteiger partial charge in [-0.2, -0.15) is 0 Å². The molecule has 2 unspecified atom stereocenters. The zero-order valence-electron chi connectivity index (χ0n) is 11.2. The second kappa shape index (κ2) is 7.63. The Hall–Kier alpha value is -0.650. The quantitative estimate of drug-likeness (QED) is 0.602. The van der Waals surface area contributed by atoms with E-state index in [2.05, 4.69) is 29.6 Å². The van der Waals surface area contributed by atoms with Crippen LogP contribution in [-0.2, 0) is 9.53 Å². The summed E-state index contributed by atoms with van der Waals surface area (Å²) in [6.45, 7) is 3.01. The van der Waals surface area contributed by atoms with Crippen LogP contribution >= 0.6 is 0 Å². The van der Waals surface area contributed by atoms with Gasteiger partial charge < -0.3 is 20.3 Å². The Morgan fingerprint density at radius 3 is 2.76 bits per heavy atom. The van der Waals surface area contributed by atoms with Crippen molar-refractivity contribution in [3.05, 3.63) is 0 Å². The molecule has 2 N–H and O–H groups in total. The van der Waals surface area contributed by atoms with E-state index in [1.807, 2.05) is 7.05 Å². The van der Waals surface area contributed by atoms with Crippen molar-refractivity contribution in [2.45, 2.75) is 18.9 Å². The van der Waals surface area contributed by atoms with Gasteiger partial charge in [0.05, 0.1) is 19.1 Å². The number of ether oxygens (including phenoxy) is 1. The van der Waals surface area contributed by atoms with Gasteiger partial charge in [0.25, 0.3) is 0 Å². The molecule has 1 aliphatic rings. The van der Waals surface area contributed by atoms with Crippen LogP contribution in [0.3, 0.4) is 0 Å². The summed E-state index contributed by atoms with van der Waals surface area (Å²) in [6.07, 6.45) is 2.14. The van der Waals surface area contributed by atoms with E-state index in [1.54, 1.807) is 0 Å². The summed E-state index contributed by atoms with van der Waals surface area (Å²) in [6, 6.07) is 0.164. The number of likely N-dealkylation sites (N-methyl/N-ethyl adjacent to an activating group) is 1. The summed E-state index contributed by atoms with van der Waals surface area (Å²) < 4.78 is 5.31. The van der Waals surface area contributed by atoms with E-state index in [4.69, 9.17) is 4.74 Å². The molecule has 1 rings (SSSR count). The fraction of sp³-hybridized carbons (Fsp3) is 0.917. The molecule has 0 spiro atoms. The van der Waals surface area contributed by atoms with Crippen LogP contribution in [0.1, 0.15) is 12.8 Å². The molecule has 1 heterocycles. The van der Waals surface area contributed by atoms with Crippen molar-refractivity contribution in [1.82, 2.24) is 15.5 Å². The van der Waals surface area contributed by atoms with Crippen molar-refractivity contribution in [2.75, 3.05) is 47.4 Å². The van der Waals surface area contributed by atoms with Gasteiger partial charge in [0.1, 0.15) is 0 Å². The maximum absolute atomic E-state index is 11.9. The van der Waals surface area contributed by atoms with E-state index in [9.17, 15) is 4.79 Å². The van der Waals surface area contributed by atoms with Crippen molar-refractivity contribution in [3.8, 4) is 0 Å². The number of hydrogen-bond acceptors (Lipinski definition) is 4. The van der Waals surface area contributed by atoms with Crippen molar-refractivity contribution in [2.24, 2.45) is 5.92 Å². The molecule has 100 valence electrons. The maximum atomic E-state index is 11.9. The average molecular weight is 243 g/mol. The van der Waals surface area contributed by atoms with Crippen LogP contribution in [0.4, 0.5) is 0 Å². The SMILES string of the molecule is CNC1COCC1C(=O)NCCCCN(C)C. The van der Waals surface area contributed by atoms with Gasteiger partial charge in [-0.3, -0.25) is 4.79 Å². The standard InChI is InChI=1S/C12H25N3O2/c1-13-11-9-17-8-10(11)12(16)14-6-4-5-7-15(2)3/h10-11,13H,4-9H2,1-3H3,(H,14,16). The van der Waals surface area contributed by atoms with E-state index in [0.717, 1.165) is 25.9 Å². The topological polar surface area (TPSA) is 53.6 Å². The van der Waals surface area contributed by atoms with Crippen LogP contribution in [0.15, 0.2) is 0 Å². The summed E-state index contributed by atoms with van der Waals surface area (Å²) >= 11 is 0. The van der Waals surface area contributed by atoms with Crippen molar-refractivity contribution in [3.63, 3.8) is 0 Å². The van der Waals surface area contributed by atoms with Crippen molar-refractivity contribution in [1.29, 1.82) is 0 Å². The number of carbonyl (C=O) groups is 1. The number of hydrogen-bond donors (Lipinski definition) is 2. The Balaban J connectivity index is 2.12. The Labute approximate surface area is 104 Å². The lowest BCUT2D eigenvalue weighted by Crippen LogP contribution is -2.42. The lowest BCUT2D eigenvalue weighted by molar-refractivity contribution is -0.125. The summed E-state index contributed by atoms with van der Waals surface area (Å²) in [7, 11) is 5.99. The molecule has 1 fully saturated rings. The predicted octanol–water partition coefficient (Wildman–Crippen LogP) is -0.321. The molecule has 0 aromatic rings. The fourth-order valence-electron chi connectivity index (χ4n) is 1.99. The predicted molar refractivity (Wildman–Crippen MR) is 68.0 cm³/mol. The zero-order valence-corrected chi connectivity index (χ0v) is 11.2. The summed E-state index contributed by atoms with van der Waals surface area (Å²) in [5, 5.41) is 6.10. The second-order valence-corrected chi connectivity index (χ2v) is 4.84. The Bertz CT molecular complexity index is 234. The highest BCUT2D eigenvalue weighted by Gasteiger charge is 2.32. The smallest absolute Gasteiger partial charge is 0.227 e. The number of nitrogens with zero attached hydrogens (tertiary/aromatic N) is 1. The molecule has 0 aliphatic carbocycles. The number of nitrogens with one attached hydrogen (secondary N) is 2. The third-order valence-corrected chi connectivity index (χ3v) is 3.12. The van der Waals surface area contributed by atoms with Gasteiger partial charge in [-0.05, 0) is 40.5 Å². The Morgan fingerprint density at radius 1 is 1.35 bits per heavy atom. The van der Waals surface area contributed by atoms with E-state index >= 15 is 0 Å². The minimum Gasteiger partial charge on any atom is -0.379 e. The molecule has 1 aliphatic heterocycles. The largest absolute Gasteiger partial charge is 0.379 e. The Morgan fingerprint density at radius 2 is 2.12 bits per heavy atom. The van der Waals surface area contributed by atoms with Gasteiger partial charge in [0.15, 0.2) is 0 Å². The number of amides is 1. The molecule has 0 bridgehead atoms. The molecular weight excluding hydrogens is 218 g/mol. The molecule has 1 amide bonds. The lowest BCUT2D eigenvalue weighted by Gasteiger charge is -2.16. The summed E-state index contributed by atoms with van der Waals surface area (Å²) in [5.41, 5.74) is 0. The molecule has 0 radical (unpaired) electrons. The molecule has 1 saturated heterocycles. The fourth-order valence-corrected chi connectivity index (χ4v) is 1.99. The zero-order chi connectivity index (χ0) is 12.7. The van der Waals surface area contributed by atoms with Crippen LogP contribution in [0.2, 0.25) is 0 Å². The average Bonchev–Trinajstić information content (AvgIpc) is 2.75. The first-order valence-electron chi connectivity index (χ1n) is 6.32. The minimum atomic E-state index is -0.0335. The summed E-state index contributed by atoms with van der Waals surface area (Å²) in [5.74, 6) is 0.0838. The first kappa shape index (κ1) is 14.4. The van der Waals surface area contributed by atoms with Crippen LogP contribution < -0.4 is 10.6 Å². The highest BCUT2D eigenvalue weighted by Crippen LogP contribution is 2.13. The van der Waals surface area contributed by atoms with Gasteiger partial charge in [0, 0.05) is 12.6 Å². The molecule has 0 aromatic heterocycles. The van der Waals surface area contributed by atoms with E-state index in [1.165, 1.54) is 0 Å². The van der Waals surface area contributed by atoms with Gasteiger partial charge >= 0.3 is 0 Å². The first-order chi connectivity index (χ1) is 8.15. The third kappa shape index (κ3) is 5.02. The molecule has 0 aromatic carbocycles. The van der Waals surface area contributed by atoms with Crippen LogP contribution in [-0.4, -0.2) is 64.3 Å². The van der Waals surface area contributed by atoms with Crippen LogP contribution in [0.5, 0.6) is 0 Å². The van der Waals surface area contributed by atoms with E-state index in [0.29, 0.717) is 13.2 Å². The van der Waals surface area contributed by atoms with E-state index in [-0.39, 0.29) is 17.9 Å². The number of rotatable bonds is 7. The van der Waals surface area contributed by atoms with Crippen LogP contribution in [0.25, 0.3) is 0 Å². The molecule has 5 heteroatoms. The van der Waals surface area contributed by atoms with Crippen molar-refractivity contribution < 1.29 is 9.53 Å². The number of unbranched alkanes of at least 4 members (excludes halogenated alkanes) is 1. The first-order valence-corrected chi connectivity index (χ1v) is 6.32. The molecule has 0 saturated carbocycles. The van der Waals surface area contributed by atoms with Crippen molar-refractivity contribution >= 4 is 5.91 Å². The molecular formula is C12H25N3O2. The minimum absolute atomic E-state index is 0.0335. The van der Waals surface area contributed by atoms with Gasteiger partial charge in [-0.15, -0.1) is 0 Å². The van der Waals surface area contributed by atoms with Gasteiger partial charge in [-0.1, -0.05) is 0 Å². The lowest BCUT2D eigenvalue weighted by atomic mass is 10.0. The molecule has 2 atom stereocenters. The van der Waals surface area contributed by atoms with Gasteiger partial charge in [0.2, 0.25) is 5.91 Å².